The summed E-state index contributed by atoms with van der Waals surface area (Å²) in [6.07, 6.45) is 0. The number of thiazole rings is 1. The molecule has 2 aromatic rings. The molecule has 0 amide bonds. The molecule has 2 rings (SSSR count). The molecule has 1 atom stereocenters. The van der Waals surface area contributed by atoms with Gasteiger partial charge in [0.1, 0.15) is 6.07 Å². The zero-order valence-corrected chi connectivity index (χ0v) is 11.5. The fourth-order valence-corrected chi connectivity index (χ4v) is 2.88. The number of aromatic nitrogens is 1. The number of nitrogens with one attached hydrogen (secondary N) is 1. The van der Waals surface area contributed by atoms with E-state index in [-0.39, 0.29) is 6.04 Å². The topological polar surface area (TPSA) is 48.7 Å². The van der Waals surface area contributed by atoms with Gasteiger partial charge >= 0.3 is 0 Å². The van der Waals surface area contributed by atoms with Gasteiger partial charge < -0.3 is 5.32 Å². The van der Waals surface area contributed by atoms with Crippen LogP contribution in [0.5, 0.6) is 0 Å². The minimum Gasteiger partial charge on any atom is -0.377 e. The van der Waals surface area contributed by atoms with E-state index in [1.807, 2.05) is 38.1 Å². The van der Waals surface area contributed by atoms with Gasteiger partial charge in [-0.25, -0.2) is 4.98 Å². The summed E-state index contributed by atoms with van der Waals surface area (Å²) < 4.78 is 0. The number of hydrogen-bond acceptors (Lipinski definition) is 4. The number of rotatable bonds is 3. The largest absolute Gasteiger partial charge is 0.377 e. The smallest absolute Gasteiger partial charge is 0.101 e. The molecule has 1 unspecified atom stereocenters. The second-order valence-electron chi connectivity index (χ2n) is 4.21. The van der Waals surface area contributed by atoms with Crippen LogP contribution in [0.2, 0.25) is 0 Å². The summed E-state index contributed by atoms with van der Waals surface area (Å²) in [7, 11) is 0. The van der Waals surface area contributed by atoms with E-state index in [0.717, 1.165) is 16.4 Å². The summed E-state index contributed by atoms with van der Waals surface area (Å²) >= 11 is 1.70. The van der Waals surface area contributed by atoms with Gasteiger partial charge in [-0.1, -0.05) is 12.1 Å². The van der Waals surface area contributed by atoms with Crippen molar-refractivity contribution in [2.45, 2.75) is 26.8 Å². The first-order valence-corrected chi connectivity index (χ1v) is 6.63. The van der Waals surface area contributed by atoms with Crippen molar-refractivity contribution in [1.29, 1.82) is 5.26 Å². The molecule has 18 heavy (non-hydrogen) atoms. The fourth-order valence-electron chi connectivity index (χ4n) is 1.95. The lowest BCUT2D eigenvalue weighted by atomic mass is 10.1. The normalized spacial score (nSPS) is 11.9. The third kappa shape index (κ3) is 2.52. The molecule has 0 bridgehead atoms. The van der Waals surface area contributed by atoms with E-state index in [9.17, 15) is 0 Å². The molecule has 0 fully saturated rings. The van der Waals surface area contributed by atoms with E-state index >= 15 is 0 Å². The maximum atomic E-state index is 9.06. The molecule has 1 aromatic heterocycles. The summed E-state index contributed by atoms with van der Waals surface area (Å²) in [5.74, 6) is 0. The first-order valence-electron chi connectivity index (χ1n) is 5.81. The minimum absolute atomic E-state index is 0.158. The highest BCUT2D eigenvalue weighted by Crippen LogP contribution is 2.28. The zero-order chi connectivity index (χ0) is 13.1. The summed E-state index contributed by atoms with van der Waals surface area (Å²) in [4.78, 5) is 5.65. The number of para-hydroxylation sites is 1. The van der Waals surface area contributed by atoms with Gasteiger partial charge in [0.15, 0.2) is 0 Å². The molecule has 0 aliphatic carbocycles. The quantitative estimate of drug-likeness (QED) is 0.909. The van der Waals surface area contributed by atoms with Gasteiger partial charge in [-0.3, -0.25) is 0 Å². The van der Waals surface area contributed by atoms with Crippen LogP contribution in [0.4, 0.5) is 5.69 Å². The lowest BCUT2D eigenvalue weighted by Crippen LogP contribution is -2.07. The molecular weight excluding hydrogens is 242 g/mol. The molecule has 1 N–H and O–H groups in total. The average Bonchev–Trinajstić information content (AvgIpc) is 2.69. The summed E-state index contributed by atoms with van der Waals surface area (Å²) in [5.41, 5.74) is 2.60. The SMILES string of the molecule is Cc1nc(C)c(C(C)Nc2ccccc2C#N)s1. The van der Waals surface area contributed by atoms with Crippen LogP contribution in [0, 0.1) is 25.2 Å². The minimum atomic E-state index is 0.158. The lowest BCUT2D eigenvalue weighted by Gasteiger charge is -2.15. The molecule has 1 aromatic carbocycles. The Morgan fingerprint density at radius 2 is 2.06 bits per heavy atom. The summed E-state index contributed by atoms with van der Waals surface area (Å²) in [6.45, 7) is 6.12. The maximum Gasteiger partial charge on any atom is 0.101 e. The van der Waals surface area contributed by atoms with Crippen LogP contribution in [0.3, 0.4) is 0 Å². The van der Waals surface area contributed by atoms with E-state index in [1.165, 1.54) is 4.88 Å². The first kappa shape index (κ1) is 12.6. The second-order valence-corrected chi connectivity index (χ2v) is 5.44. The number of nitrogens with zero attached hydrogens (tertiary/aromatic N) is 2. The van der Waals surface area contributed by atoms with E-state index in [4.69, 9.17) is 5.26 Å². The van der Waals surface area contributed by atoms with Crippen molar-refractivity contribution < 1.29 is 0 Å². The summed E-state index contributed by atoms with van der Waals surface area (Å²) in [5, 5.41) is 13.5. The highest BCUT2D eigenvalue weighted by atomic mass is 32.1. The van der Waals surface area contributed by atoms with Crippen molar-refractivity contribution in [2.24, 2.45) is 0 Å². The van der Waals surface area contributed by atoms with E-state index in [1.54, 1.807) is 11.3 Å². The number of anilines is 1. The zero-order valence-electron chi connectivity index (χ0n) is 10.7. The fraction of sp³-hybridized carbons (Fsp3) is 0.286. The van der Waals surface area contributed by atoms with Crippen LogP contribution in [-0.4, -0.2) is 4.98 Å². The third-order valence-electron chi connectivity index (χ3n) is 2.75. The molecule has 3 nitrogen and oxygen atoms in total. The molecule has 0 aliphatic rings. The Kier molecular flexibility index (Phi) is 3.63. The summed E-state index contributed by atoms with van der Waals surface area (Å²) in [6, 6.07) is 9.91. The molecule has 4 heteroatoms. The second kappa shape index (κ2) is 5.19. The van der Waals surface area contributed by atoms with Gasteiger partial charge in [-0.05, 0) is 32.9 Å². The predicted molar refractivity (Wildman–Crippen MR) is 74.8 cm³/mol. The molecular formula is C14H15N3S. The van der Waals surface area contributed by atoms with Crippen LogP contribution in [-0.2, 0) is 0 Å². The molecule has 1 heterocycles. The Morgan fingerprint density at radius 1 is 1.33 bits per heavy atom. The van der Waals surface area contributed by atoms with Crippen LogP contribution in [0.1, 0.15) is 34.1 Å². The van der Waals surface area contributed by atoms with Crippen molar-refractivity contribution in [1.82, 2.24) is 4.98 Å². The number of aryl methyl sites for hydroxylation is 2. The third-order valence-corrected chi connectivity index (χ3v) is 4.01. The van der Waals surface area contributed by atoms with Crippen molar-refractivity contribution in [2.75, 3.05) is 5.32 Å². The van der Waals surface area contributed by atoms with Gasteiger partial charge in [0.2, 0.25) is 0 Å². The Hall–Kier alpha value is -1.86. The molecule has 0 radical (unpaired) electrons. The van der Waals surface area contributed by atoms with Gasteiger partial charge in [0.05, 0.1) is 28.0 Å². The highest BCUT2D eigenvalue weighted by Gasteiger charge is 2.13. The standard InChI is InChI=1S/C14H15N3S/c1-9-14(18-11(3)16-9)10(2)17-13-7-5-4-6-12(13)8-15/h4-7,10,17H,1-3H3. The van der Waals surface area contributed by atoms with Crippen LogP contribution in [0.15, 0.2) is 24.3 Å². The van der Waals surface area contributed by atoms with E-state index in [0.29, 0.717) is 5.56 Å². The number of benzene rings is 1. The van der Waals surface area contributed by atoms with E-state index < -0.39 is 0 Å². The van der Waals surface area contributed by atoms with Crippen molar-refractivity contribution in [3.8, 4) is 6.07 Å². The lowest BCUT2D eigenvalue weighted by molar-refractivity contribution is 0.889. The Morgan fingerprint density at radius 3 is 2.67 bits per heavy atom. The molecule has 92 valence electrons. The molecule has 0 saturated carbocycles. The monoisotopic (exact) mass is 257 g/mol. The van der Waals surface area contributed by atoms with Crippen molar-refractivity contribution >= 4 is 17.0 Å². The van der Waals surface area contributed by atoms with Gasteiger partial charge in [-0.2, -0.15) is 5.26 Å². The maximum absolute atomic E-state index is 9.06. The molecule has 0 saturated heterocycles. The van der Waals surface area contributed by atoms with Crippen LogP contribution >= 0.6 is 11.3 Å². The van der Waals surface area contributed by atoms with Crippen molar-refractivity contribution in [3.05, 3.63) is 45.4 Å². The Balaban J connectivity index is 2.24. The molecule has 0 aliphatic heterocycles. The van der Waals surface area contributed by atoms with Gasteiger partial charge in [0.25, 0.3) is 0 Å². The predicted octanol–water partition coefficient (Wildman–Crippen LogP) is 3.80. The Bertz CT molecular complexity index is 595. The first-order chi connectivity index (χ1) is 8.61. The Labute approximate surface area is 111 Å². The van der Waals surface area contributed by atoms with Gasteiger partial charge in [0, 0.05) is 4.88 Å². The molecule has 0 spiro atoms. The van der Waals surface area contributed by atoms with Gasteiger partial charge in [-0.15, -0.1) is 11.3 Å². The van der Waals surface area contributed by atoms with E-state index in [2.05, 4.69) is 23.3 Å². The van der Waals surface area contributed by atoms with Crippen molar-refractivity contribution in [3.63, 3.8) is 0 Å². The van der Waals surface area contributed by atoms with Crippen LogP contribution < -0.4 is 5.32 Å². The highest BCUT2D eigenvalue weighted by molar-refractivity contribution is 7.11. The van der Waals surface area contributed by atoms with Crippen LogP contribution in [0.25, 0.3) is 0 Å². The number of hydrogen-bond donors (Lipinski definition) is 1. The number of nitriles is 1. The average molecular weight is 257 g/mol.